The van der Waals surface area contributed by atoms with Crippen LogP contribution in [0.5, 0.6) is 0 Å². The van der Waals surface area contributed by atoms with Gasteiger partial charge in [0.25, 0.3) is 0 Å². The number of alkyl halides is 4. The number of carbonyl (C=O) groups is 1. The van der Waals surface area contributed by atoms with Crippen molar-refractivity contribution in [3.05, 3.63) is 0 Å². The molecule has 1 atom stereocenters. The van der Waals surface area contributed by atoms with Crippen molar-refractivity contribution < 1.29 is 22.4 Å². The van der Waals surface area contributed by atoms with Crippen LogP contribution in [0.3, 0.4) is 0 Å². The van der Waals surface area contributed by atoms with Crippen molar-refractivity contribution in [2.75, 3.05) is 6.54 Å². The molecule has 3 N–H and O–H groups in total. The van der Waals surface area contributed by atoms with Crippen molar-refractivity contribution in [1.29, 1.82) is 0 Å². The molecule has 0 rings (SSSR count). The van der Waals surface area contributed by atoms with Crippen LogP contribution in [0.2, 0.25) is 0 Å². The molecule has 0 aromatic heterocycles. The minimum Gasteiger partial charge on any atom is -0.348 e. The Bertz CT molecular complexity index is 198. The van der Waals surface area contributed by atoms with E-state index in [9.17, 15) is 22.4 Å². The second-order valence-electron chi connectivity index (χ2n) is 2.79. The van der Waals surface area contributed by atoms with E-state index in [2.05, 4.69) is 0 Å². The smallest absolute Gasteiger partial charge is 0.324 e. The fourth-order valence-corrected chi connectivity index (χ4v) is 0.599. The topological polar surface area (TPSA) is 55.1 Å². The molecule has 7 heteroatoms. The van der Waals surface area contributed by atoms with E-state index >= 15 is 0 Å². The van der Waals surface area contributed by atoms with Gasteiger partial charge in [-0.1, -0.05) is 6.92 Å². The predicted molar refractivity (Wildman–Crippen MR) is 42.2 cm³/mol. The van der Waals surface area contributed by atoms with E-state index in [0.717, 1.165) is 0 Å². The van der Waals surface area contributed by atoms with Crippen LogP contribution < -0.4 is 11.1 Å². The summed E-state index contributed by atoms with van der Waals surface area (Å²) in [6.45, 7) is 0.187. The number of hydrogen-bond donors (Lipinski definition) is 2. The lowest BCUT2D eigenvalue weighted by Gasteiger charge is -2.17. The molecular formula is C7H12F4N2O. The Hall–Kier alpha value is -0.850. The summed E-state index contributed by atoms with van der Waals surface area (Å²) in [7, 11) is 0. The summed E-state index contributed by atoms with van der Waals surface area (Å²) in [6.07, 6.45) is -3.54. The predicted octanol–water partition coefficient (Wildman–Crippen LogP) is 0.740. The molecule has 84 valence electrons. The Morgan fingerprint density at radius 1 is 1.50 bits per heavy atom. The lowest BCUT2D eigenvalue weighted by molar-refractivity contribution is -0.137. The van der Waals surface area contributed by atoms with Gasteiger partial charge in [0.15, 0.2) is 0 Å². The SMILES string of the molecule is CC[C@@H](N)C(=O)NCC(F)(F)C(F)F. The van der Waals surface area contributed by atoms with Gasteiger partial charge < -0.3 is 11.1 Å². The molecule has 0 aromatic carbocycles. The van der Waals surface area contributed by atoms with Gasteiger partial charge in [-0.2, -0.15) is 8.78 Å². The van der Waals surface area contributed by atoms with Crippen LogP contribution in [0, 0.1) is 0 Å². The van der Waals surface area contributed by atoms with E-state index in [1.807, 2.05) is 0 Å². The highest BCUT2D eigenvalue weighted by atomic mass is 19.3. The first-order valence-electron chi connectivity index (χ1n) is 4.00. The van der Waals surface area contributed by atoms with E-state index in [4.69, 9.17) is 5.73 Å². The number of amides is 1. The molecule has 0 saturated carbocycles. The highest BCUT2D eigenvalue weighted by Gasteiger charge is 2.40. The summed E-state index contributed by atoms with van der Waals surface area (Å²) in [5.74, 6) is -5.06. The van der Waals surface area contributed by atoms with Crippen LogP contribution in [0.15, 0.2) is 0 Å². The molecule has 0 bridgehead atoms. The zero-order chi connectivity index (χ0) is 11.4. The average Bonchev–Trinajstić information content (AvgIpc) is 2.12. The van der Waals surface area contributed by atoms with Crippen LogP contribution in [0.1, 0.15) is 13.3 Å². The van der Waals surface area contributed by atoms with Crippen molar-refractivity contribution in [3.8, 4) is 0 Å². The van der Waals surface area contributed by atoms with E-state index in [0.29, 0.717) is 0 Å². The quantitative estimate of drug-likeness (QED) is 0.666. The molecule has 0 aliphatic rings. The maximum absolute atomic E-state index is 12.3. The zero-order valence-corrected chi connectivity index (χ0v) is 7.57. The fraction of sp³-hybridized carbons (Fsp3) is 0.857. The van der Waals surface area contributed by atoms with Gasteiger partial charge in [-0.15, -0.1) is 0 Å². The molecule has 0 aromatic rings. The molecule has 0 spiro atoms. The Kier molecular flexibility index (Phi) is 4.82. The van der Waals surface area contributed by atoms with Crippen molar-refractivity contribution in [3.63, 3.8) is 0 Å². The molecule has 14 heavy (non-hydrogen) atoms. The second kappa shape index (κ2) is 5.14. The molecule has 0 radical (unpaired) electrons. The van der Waals surface area contributed by atoms with Crippen LogP contribution in [0.4, 0.5) is 17.6 Å². The van der Waals surface area contributed by atoms with E-state index < -0.39 is 30.8 Å². The van der Waals surface area contributed by atoms with E-state index in [-0.39, 0.29) is 6.42 Å². The summed E-state index contributed by atoms with van der Waals surface area (Å²) in [6, 6.07) is -0.941. The monoisotopic (exact) mass is 216 g/mol. The Balaban J connectivity index is 4.00. The Labute approximate surface area is 78.6 Å². The third kappa shape index (κ3) is 3.91. The molecule has 0 aliphatic carbocycles. The lowest BCUT2D eigenvalue weighted by atomic mass is 10.2. The first kappa shape index (κ1) is 13.2. The molecule has 0 fully saturated rings. The number of hydrogen-bond acceptors (Lipinski definition) is 2. The standard InChI is InChI=1S/C7H12F4N2O/c1-2-4(12)5(14)13-3-7(10,11)6(8)9/h4,6H,2-3,12H2,1H3,(H,13,14)/t4-/m1/s1. The van der Waals surface area contributed by atoms with E-state index in [1.54, 1.807) is 12.2 Å². The highest BCUT2D eigenvalue weighted by Crippen LogP contribution is 2.21. The minimum atomic E-state index is -4.21. The Morgan fingerprint density at radius 2 is 2.00 bits per heavy atom. The minimum absolute atomic E-state index is 0.256. The van der Waals surface area contributed by atoms with Crippen molar-refractivity contribution in [1.82, 2.24) is 5.32 Å². The van der Waals surface area contributed by atoms with Gasteiger partial charge in [0, 0.05) is 0 Å². The van der Waals surface area contributed by atoms with Gasteiger partial charge >= 0.3 is 12.3 Å². The number of halogens is 4. The van der Waals surface area contributed by atoms with Gasteiger partial charge in [0.1, 0.15) is 0 Å². The molecule has 0 aliphatic heterocycles. The molecule has 0 unspecified atom stereocenters. The third-order valence-corrected chi connectivity index (χ3v) is 1.59. The van der Waals surface area contributed by atoms with Crippen LogP contribution in [0.25, 0.3) is 0 Å². The molecule has 3 nitrogen and oxygen atoms in total. The van der Waals surface area contributed by atoms with Gasteiger partial charge in [0.2, 0.25) is 5.91 Å². The highest BCUT2D eigenvalue weighted by molar-refractivity contribution is 5.81. The van der Waals surface area contributed by atoms with Crippen molar-refractivity contribution in [2.45, 2.75) is 31.7 Å². The first-order valence-corrected chi connectivity index (χ1v) is 4.00. The first-order chi connectivity index (χ1) is 6.31. The van der Waals surface area contributed by atoms with E-state index in [1.165, 1.54) is 0 Å². The summed E-state index contributed by atoms with van der Waals surface area (Å²) in [4.78, 5) is 10.8. The fourth-order valence-electron chi connectivity index (χ4n) is 0.599. The third-order valence-electron chi connectivity index (χ3n) is 1.59. The summed E-state index contributed by atoms with van der Waals surface area (Å²) in [5.41, 5.74) is 5.18. The normalized spacial score (nSPS) is 14.2. The summed E-state index contributed by atoms with van der Waals surface area (Å²) in [5, 5.41) is 1.66. The second-order valence-corrected chi connectivity index (χ2v) is 2.79. The maximum Gasteiger partial charge on any atom is 0.324 e. The van der Waals surface area contributed by atoms with Crippen LogP contribution in [-0.4, -0.2) is 30.8 Å². The lowest BCUT2D eigenvalue weighted by Crippen LogP contribution is -2.47. The molecule has 0 heterocycles. The number of carbonyl (C=O) groups excluding carboxylic acids is 1. The van der Waals surface area contributed by atoms with Crippen LogP contribution >= 0.6 is 0 Å². The number of rotatable bonds is 5. The largest absolute Gasteiger partial charge is 0.348 e. The zero-order valence-electron chi connectivity index (χ0n) is 7.57. The van der Waals surface area contributed by atoms with Gasteiger partial charge in [-0.3, -0.25) is 4.79 Å². The van der Waals surface area contributed by atoms with Gasteiger partial charge in [0.05, 0.1) is 12.6 Å². The van der Waals surface area contributed by atoms with Crippen molar-refractivity contribution >= 4 is 5.91 Å². The Morgan fingerprint density at radius 3 is 2.36 bits per heavy atom. The summed E-state index contributed by atoms with van der Waals surface area (Å²) >= 11 is 0. The maximum atomic E-state index is 12.3. The van der Waals surface area contributed by atoms with Gasteiger partial charge in [-0.05, 0) is 6.42 Å². The molecule has 1 amide bonds. The summed E-state index contributed by atoms with van der Waals surface area (Å²) < 4.78 is 47.8. The van der Waals surface area contributed by atoms with Gasteiger partial charge in [-0.25, -0.2) is 8.78 Å². The van der Waals surface area contributed by atoms with Crippen molar-refractivity contribution in [2.24, 2.45) is 5.73 Å². The molecular weight excluding hydrogens is 204 g/mol. The number of nitrogens with one attached hydrogen (secondary N) is 1. The molecule has 0 saturated heterocycles. The van der Waals surface area contributed by atoms with Crippen LogP contribution in [-0.2, 0) is 4.79 Å². The number of nitrogens with two attached hydrogens (primary N) is 1. The average molecular weight is 216 g/mol.